The number of benzene rings is 1. The molecule has 0 amide bonds. The second-order valence-corrected chi connectivity index (χ2v) is 4.29. The number of aromatic nitrogens is 1. The number of ketones is 1. The van der Waals surface area contributed by atoms with Crippen LogP contribution in [0.3, 0.4) is 0 Å². The van der Waals surface area contributed by atoms with Crippen molar-refractivity contribution in [2.24, 2.45) is 0 Å². The van der Waals surface area contributed by atoms with Crippen molar-refractivity contribution in [1.29, 1.82) is 0 Å². The van der Waals surface area contributed by atoms with Gasteiger partial charge in [-0.25, -0.2) is 4.98 Å². The van der Waals surface area contributed by atoms with Crippen LogP contribution in [-0.4, -0.2) is 10.8 Å². The molecule has 0 atom stereocenters. The first-order valence-electron chi connectivity index (χ1n) is 5.79. The van der Waals surface area contributed by atoms with Gasteiger partial charge in [0.2, 0.25) is 0 Å². The molecule has 3 nitrogen and oxygen atoms in total. The molecule has 0 aliphatic heterocycles. The lowest BCUT2D eigenvalue weighted by atomic mass is 9.88. The second-order valence-electron chi connectivity index (χ2n) is 4.29. The SMILES string of the molecule is Nc1nccc2c1C=C(c1ccccc1)C(=O)C2. The van der Waals surface area contributed by atoms with Crippen molar-refractivity contribution >= 4 is 23.3 Å². The van der Waals surface area contributed by atoms with Crippen LogP contribution in [0.2, 0.25) is 0 Å². The molecule has 0 fully saturated rings. The highest BCUT2D eigenvalue weighted by molar-refractivity contribution is 6.27. The number of carbonyl (C=O) groups excluding carboxylic acids is 1. The summed E-state index contributed by atoms with van der Waals surface area (Å²) in [7, 11) is 0. The normalized spacial score (nSPS) is 14.0. The number of nitrogens with zero attached hydrogens (tertiary/aromatic N) is 1. The van der Waals surface area contributed by atoms with Crippen LogP contribution in [0, 0.1) is 0 Å². The summed E-state index contributed by atoms with van der Waals surface area (Å²) in [6.45, 7) is 0. The molecule has 2 N–H and O–H groups in total. The molecule has 1 aliphatic carbocycles. The van der Waals surface area contributed by atoms with Gasteiger partial charge in [0.1, 0.15) is 5.82 Å². The van der Waals surface area contributed by atoms with Crippen LogP contribution in [0.5, 0.6) is 0 Å². The molecule has 0 spiro atoms. The van der Waals surface area contributed by atoms with Gasteiger partial charge in [-0.05, 0) is 23.3 Å². The molecule has 0 radical (unpaired) electrons. The zero-order chi connectivity index (χ0) is 12.5. The van der Waals surface area contributed by atoms with Crippen molar-refractivity contribution in [2.45, 2.75) is 6.42 Å². The molecule has 1 aliphatic rings. The second kappa shape index (κ2) is 4.11. The first-order chi connectivity index (χ1) is 8.75. The van der Waals surface area contributed by atoms with Gasteiger partial charge in [0.25, 0.3) is 0 Å². The molecule has 18 heavy (non-hydrogen) atoms. The van der Waals surface area contributed by atoms with E-state index in [1.54, 1.807) is 6.20 Å². The first-order valence-corrected chi connectivity index (χ1v) is 5.79. The lowest BCUT2D eigenvalue weighted by molar-refractivity contribution is -0.113. The van der Waals surface area contributed by atoms with Crippen LogP contribution in [0.15, 0.2) is 42.6 Å². The lowest BCUT2D eigenvalue weighted by Crippen LogP contribution is -2.13. The van der Waals surface area contributed by atoms with Crippen LogP contribution < -0.4 is 5.73 Å². The smallest absolute Gasteiger partial charge is 0.167 e. The van der Waals surface area contributed by atoms with E-state index in [2.05, 4.69) is 4.98 Å². The molecule has 3 rings (SSSR count). The number of hydrogen-bond donors (Lipinski definition) is 1. The summed E-state index contributed by atoms with van der Waals surface area (Å²) >= 11 is 0. The fourth-order valence-electron chi connectivity index (χ4n) is 2.21. The summed E-state index contributed by atoms with van der Waals surface area (Å²) in [6.07, 6.45) is 3.88. The van der Waals surface area contributed by atoms with Gasteiger partial charge in [-0.2, -0.15) is 0 Å². The predicted molar refractivity (Wildman–Crippen MR) is 71.7 cm³/mol. The van der Waals surface area contributed by atoms with E-state index in [1.165, 1.54) is 0 Å². The van der Waals surface area contributed by atoms with E-state index in [1.807, 2.05) is 42.5 Å². The number of carbonyl (C=O) groups is 1. The number of Topliss-reactive ketones (excluding diaryl/α,β-unsaturated/α-hetero) is 1. The number of nitrogen functional groups attached to an aromatic ring is 1. The lowest BCUT2D eigenvalue weighted by Gasteiger charge is -2.16. The van der Waals surface area contributed by atoms with Gasteiger partial charge in [-0.15, -0.1) is 0 Å². The average Bonchev–Trinajstić information content (AvgIpc) is 2.39. The fraction of sp³-hybridized carbons (Fsp3) is 0.0667. The Bertz CT molecular complexity index is 645. The van der Waals surface area contributed by atoms with Gasteiger partial charge in [-0.3, -0.25) is 4.79 Å². The summed E-state index contributed by atoms with van der Waals surface area (Å²) in [5, 5.41) is 0. The zero-order valence-corrected chi connectivity index (χ0v) is 9.76. The summed E-state index contributed by atoms with van der Waals surface area (Å²) < 4.78 is 0. The Labute approximate surface area is 105 Å². The van der Waals surface area contributed by atoms with E-state index < -0.39 is 0 Å². The summed E-state index contributed by atoms with van der Waals surface area (Å²) in [6, 6.07) is 11.5. The third kappa shape index (κ3) is 1.70. The molecule has 2 aromatic rings. The number of fused-ring (bicyclic) bond motifs is 1. The van der Waals surface area contributed by atoms with E-state index in [9.17, 15) is 4.79 Å². The Kier molecular flexibility index (Phi) is 2.45. The molecule has 0 saturated carbocycles. The van der Waals surface area contributed by atoms with Crippen molar-refractivity contribution in [1.82, 2.24) is 4.98 Å². The quantitative estimate of drug-likeness (QED) is 0.826. The number of nitrogens with two attached hydrogens (primary N) is 1. The summed E-state index contributed by atoms with van der Waals surface area (Å²) in [4.78, 5) is 16.2. The van der Waals surface area contributed by atoms with E-state index >= 15 is 0 Å². The van der Waals surface area contributed by atoms with Gasteiger partial charge in [0, 0.05) is 23.8 Å². The Balaban J connectivity index is 2.17. The maximum Gasteiger partial charge on any atom is 0.167 e. The molecule has 3 heteroatoms. The maximum absolute atomic E-state index is 12.1. The van der Waals surface area contributed by atoms with Crippen LogP contribution in [-0.2, 0) is 11.2 Å². The molecule has 1 heterocycles. The number of anilines is 1. The topological polar surface area (TPSA) is 56.0 Å². The third-order valence-electron chi connectivity index (χ3n) is 3.14. The molecule has 0 unspecified atom stereocenters. The standard InChI is InChI=1S/C15H12N2O/c16-15-13-9-12(10-4-2-1-3-5-10)14(18)8-11(13)6-7-17-15/h1-7,9H,8H2,(H2,16,17). The zero-order valence-electron chi connectivity index (χ0n) is 9.76. The van der Waals surface area contributed by atoms with E-state index in [-0.39, 0.29) is 5.78 Å². The van der Waals surface area contributed by atoms with Gasteiger partial charge >= 0.3 is 0 Å². The average molecular weight is 236 g/mol. The molecule has 1 aromatic heterocycles. The highest BCUT2D eigenvalue weighted by Crippen LogP contribution is 2.29. The minimum Gasteiger partial charge on any atom is -0.383 e. The Morgan fingerprint density at radius 3 is 2.67 bits per heavy atom. The van der Waals surface area contributed by atoms with Gasteiger partial charge in [-0.1, -0.05) is 30.3 Å². The minimum absolute atomic E-state index is 0.124. The van der Waals surface area contributed by atoms with Gasteiger partial charge < -0.3 is 5.73 Å². The van der Waals surface area contributed by atoms with E-state index in [0.717, 1.165) is 16.7 Å². The van der Waals surface area contributed by atoms with Crippen molar-refractivity contribution in [3.8, 4) is 0 Å². The Hall–Kier alpha value is -2.42. The molecule has 1 aromatic carbocycles. The third-order valence-corrected chi connectivity index (χ3v) is 3.14. The van der Waals surface area contributed by atoms with Crippen LogP contribution in [0.4, 0.5) is 5.82 Å². The van der Waals surface area contributed by atoms with E-state index in [4.69, 9.17) is 5.73 Å². The maximum atomic E-state index is 12.1. The monoisotopic (exact) mass is 236 g/mol. The minimum atomic E-state index is 0.124. The van der Waals surface area contributed by atoms with Crippen LogP contribution in [0.25, 0.3) is 11.6 Å². The fourth-order valence-corrected chi connectivity index (χ4v) is 2.21. The number of allylic oxidation sites excluding steroid dienone is 1. The first kappa shape index (κ1) is 10.7. The highest BCUT2D eigenvalue weighted by atomic mass is 16.1. The Morgan fingerprint density at radius 1 is 1.11 bits per heavy atom. The van der Waals surface area contributed by atoms with Crippen molar-refractivity contribution in [3.63, 3.8) is 0 Å². The van der Waals surface area contributed by atoms with Crippen LogP contribution >= 0.6 is 0 Å². The van der Waals surface area contributed by atoms with Gasteiger partial charge in [0.15, 0.2) is 5.78 Å². The van der Waals surface area contributed by atoms with Crippen molar-refractivity contribution < 1.29 is 4.79 Å². The highest BCUT2D eigenvalue weighted by Gasteiger charge is 2.21. The number of rotatable bonds is 1. The Morgan fingerprint density at radius 2 is 1.89 bits per heavy atom. The van der Waals surface area contributed by atoms with Crippen molar-refractivity contribution in [2.75, 3.05) is 5.73 Å². The summed E-state index contributed by atoms with van der Waals surface area (Å²) in [5.41, 5.74) is 9.32. The molecular weight excluding hydrogens is 224 g/mol. The van der Waals surface area contributed by atoms with Gasteiger partial charge in [0.05, 0.1) is 0 Å². The summed E-state index contributed by atoms with van der Waals surface area (Å²) in [5.74, 6) is 0.604. The molecular formula is C15H12N2O. The van der Waals surface area contributed by atoms with Crippen LogP contribution in [0.1, 0.15) is 16.7 Å². The predicted octanol–water partition coefficient (Wildman–Crippen LogP) is 2.33. The molecule has 88 valence electrons. The largest absolute Gasteiger partial charge is 0.383 e. The number of hydrogen-bond acceptors (Lipinski definition) is 3. The molecule has 0 saturated heterocycles. The van der Waals surface area contributed by atoms with Crippen molar-refractivity contribution in [3.05, 3.63) is 59.3 Å². The number of pyridine rings is 1. The van der Waals surface area contributed by atoms with E-state index in [0.29, 0.717) is 17.8 Å². The molecule has 0 bridgehead atoms.